The molecule has 0 saturated heterocycles. The summed E-state index contributed by atoms with van der Waals surface area (Å²) in [6.45, 7) is 9.59. The average molecular weight is 584 g/mol. The van der Waals surface area contributed by atoms with Crippen LogP contribution in [-0.2, 0) is 19.1 Å². The van der Waals surface area contributed by atoms with Gasteiger partial charge < -0.3 is 19.5 Å². The fourth-order valence-electron chi connectivity index (χ4n) is 5.30. The van der Waals surface area contributed by atoms with E-state index < -0.39 is 0 Å². The Kier molecular flexibility index (Phi) is 30.9. The monoisotopic (exact) mass is 584 g/mol. The molecule has 0 aromatic carbocycles. The molecule has 6 nitrogen and oxygen atoms in total. The van der Waals surface area contributed by atoms with Gasteiger partial charge in [-0.1, -0.05) is 111 Å². The van der Waals surface area contributed by atoms with Crippen molar-refractivity contribution in [3.63, 3.8) is 0 Å². The number of aliphatic hydroxyl groups is 1. The Balaban J connectivity index is 4.19. The van der Waals surface area contributed by atoms with Crippen molar-refractivity contribution in [2.24, 2.45) is 0 Å². The van der Waals surface area contributed by atoms with Crippen LogP contribution >= 0.6 is 0 Å². The molecule has 0 amide bonds. The van der Waals surface area contributed by atoms with Gasteiger partial charge in [-0.2, -0.15) is 0 Å². The van der Waals surface area contributed by atoms with Crippen LogP contribution in [0.25, 0.3) is 0 Å². The largest absolute Gasteiger partial charge is 0.466 e. The molecule has 41 heavy (non-hydrogen) atoms. The second-order valence-corrected chi connectivity index (χ2v) is 12.0. The molecule has 0 aliphatic carbocycles. The number of hydrogen-bond acceptors (Lipinski definition) is 6. The van der Waals surface area contributed by atoms with Crippen molar-refractivity contribution >= 4 is 11.9 Å². The predicted octanol–water partition coefficient (Wildman–Crippen LogP) is 9.16. The zero-order valence-electron chi connectivity index (χ0n) is 27.6. The van der Waals surface area contributed by atoms with Gasteiger partial charge in [0.2, 0.25) is 0 Å². The van der Waals surface area contributed by atoms with Gasteiger partial charge in [-0.05, 0) is 64.5 Å². The van der Waals surface area contributed by atoms with E-state index in [1.54, 1.807) is 0 Å². The van der Waals surface area contributed by atoms with Crippen LogP contribution < -0.4 is 0 Å². The minimum atomic E-state index is -0.116. The van der Waals surface area contributed by atoms with E-state index in [0.29, 0.717) is 26.0 Å². The molecule has 0 saturated carbocycles. The smallest absolute Gasteiger partial charge is 0.306 e. The SMILES string of the molecule is CCCCCCCCC(CCCCCCCC)OC(=O)CCCCCN(CCO)CCCC(=O)OCCCCCC. The first-order valence-electron chi connectivity index (χ1n) is 17.8. The molecule has 0 aliphatic heterocycles. The van der Waals surface area contributed by atoms with E-state index in [-0.39, 0.29) is 24.6 Å². The van der Waals surface area contributed by atoms with E-state index in [1.807, 2.05) is 0 Å². The molecule has 0 fully saturated rings. The lowest BCUT2D eigenvalue weighted by Crippen LogP contribution is -2.29. The van der Waals surface area contributed by atoms with Gasteiger partial charge in [0.15, 0.2) is 0 Å². The molecule has 6 heteroatoms. The second kappa shape index (κ2) is 31.8. The summed E-state index contributed by atoms with van der Waals surface area (Å²) in [5.41, 5.74) is 0. The third-order valence-electron chi connectivity index (χ3n) is 7.95. The summed E-state index contributed by atoms with van der Waals surface area (Å²) in [6.07, 6.45) is 26.2. The Labute approximate surface area is 254 Å². The van der Waals surface area contributed by atoms with Gasteiger partial charge in [-0.15, -0.1) is 0 Å². The Bertz CT molecular complexity index is 555. The number of hydrogen-bond donors (Lipinski definition) is 1. The second-order valence-electron chi connectivity index (χ2n) is 12.0. The van der Waals surface area contributed by atoms with E-state index in [2.05, 4.69) is 25.7 Å². The maximum Gasteiger partial charge on any atom is 0.306 e. The average Bonchev–Trinajstić information content (AvgIpc) is 2.96. The number of unbranched alkanes of at least 4 members (excludes halogenated alkanes) is 15. The zero-order chi connectivity index (χ0) is 30.2. The van der Waals surface area contributed by atoms with Crippen LogP contribution in [0.5, 0.6) is 0 Å². The van der Waals surface area contributed by atoms with Gasteiger partial charge >= 0.3 is 11.9 Å². The molecule has 244 valence electrons. The van der Waals surface area contributed by atoms with Gasteiger partial charge in [-0.3, -0.25) is 9.59 Å². The van der Waals surface area contributed by atoms with Gasteiger partial charge in [-0.25, -0.2) is 0 Å². The minimum Gasteiger partial charge on any atom is -0.466 e. The van der Waals surface area contributed by atoms with Crippen molar-refractivity contribution in [1.29, 1.82) is 0 Å². The number of rotatable bonds is 32. The van der Waals surface area contributed by atoms with Crippen LogP contribution in [0, 0.1) is 0 Å². The number of ether oxygens (including phenoxy) is 2. The predicted molar refractivity (Wildman–Crippen MR) is 172 cm³/mol. The number of carbonyl (C=O) groups is 2. The maximum atomic E-state index is 12.6. The van der Waals surface area contributed by atoms with Crippen molar-refractivity contribution < 1.29 is 24.2 Å². The Morgan fingerprint density at radius 3 is 1.63 bits per heavy atom. The topological polar surface area (TPSA) is 76.1 Å². The lowest BCUT2D eigenvalue weighted by Gasteiger charge is -2.21. The molecule has 0 unspecified atom stereocenters. The molecule has 0 spiro atoms. The van der Waals surface area contributed by atoms with E-state index in [9.17, 15) is 14.7 Å². The normalized spacial score (nSPS) is 11.5. The highest BCUT2D eigenvalue weighted by Crippen LogP contribution is 2.18. The van der Waals surface area contributed by atoms with Crippen LogP contribution in [0.2, 0.25) is 0 Å². The fourth-order valence-corrected chi connectivity index (χ4v) is 5.30. The summed E-state index contributed by atoms with van der Waals surface area (Å²) in [5.74, 6) is -0.150. The van der Waals surface area contributed by atoms with Gasteiger partial charge in [0.25, 0.3) is 0 Å². The highest BCUT2D eigenvalue weighted by Gasteiger charge is 2.14. The Hall–Kier alpha value is -1.14. The molecule has 0 radical (unpaired) electrons. The van der Waals surface area contributed by atoms with Crippen molar-refractivity contribution in [2.75, 3.05) is 32.8 Å². The summed E-state index contributed by atoms with van der Waals surface area (Å²) in [5, 5.41) is 9.43. The first-order valence-corrected chi connectivity index (χ1v) is 17.8. The highest BCUT2D eigenvalue weighted by atomic mass is 16.5. The fraction of sp³-hybridized carbons (Fsp3) is 0.943. The molecule has 0 atom stereocenters. The molecular weight excluding hydrogens is 514 g/mol. The molecule has 0 rings (SSSR count). The molecule has 1 N–H and O–H groups in total. The van der Waals surface area contributed by atoms with Crippen molar-refractivity contribution in [3.8, 4) is 0 Å². The van der Waals surface area contributed by atoms with Crippen molar-refractivity contribution in [1.82, 2.24) is 4.90 Å². The first-order chi connectivity index (χ1) is 20.1. The third-order valence-corrected chi connectivity index (χ3v) is 7.95. The Morgan fingerprint density at radius 2 is 1.05 bits per heavy atom. The summed E-state index contributed by atoms with van der Waals surface area (Å²) in [6, 6.07) is 0. The summed E-state index contributed by atoms with van der Waals surface area (Å²) in [4.78, 5) is 26.8. The zero-order valence-corrected chi connectivity index (χ0v) is 27.6. The molecule has 0 aliphatic rings. The van der Waals surface area contributed by atoms with E-state index in [4.69, 9.17) is 9.47 Å². The van der Waals surface area contributed by atoms with E-state index in [0.717, 1.165) is 77.3 Å². The lowest BCUT2D eigenvalue weighted by molar-refractivity contribution is -0.150. The van der Waals surface area contributed by atoms with Crippen molar-refractivity contribution in [2.45, 2.75) is 181 Å². The number of nitrogens with zero attached hydrogens (tertiary/aromatic N) is 1. The standard InChI is InChI=1S/C35H69NO5/c1-4-7-10-13-15-18-24-33(25-19-16-14-11-8-5-2)41-35(39)26-20-17-21-28-36(30-31-37)29-23-27-34(38)40-32-22-12-9-6-3/h33,37H,4-32H2,1-3H3. The van der Waals surface area contributed by atoms with Gasteiger partial charge in [0.05, 0.1) is 13.2 Å². The van der Waals surface area contributed by atoms with Crippen molar-refractivity contribution in [3.05, 3.63) is 0 Å². The van der Waals surface area contributed by atoms with Crippen LogP contribution in [0.3, 0.4) is 0 Å². The Morgan fingerprint density at radius 1 is 0.561 bits per heavy atom. The van der Waals surface area contributed by atoms with Gasteiger partial charge in [0, 0.05) is 19.4 Å². The maximum absolute atomic E-state index is 12.6. The summed E-state index contributed by atoms with van der Waals surface area (Å²) < 4.78 is 11.3. The third kappa shape index (κ3) is 28.7. The quantitative estimate of drug-likeness (QED) is 0.0628. The number of esters is 2. The van der Waals surface area contributed by atoms with Crippen LogP contribution in [0.4, 0.5) is 0 Å². The summed E-state index contributed by atoms with van der Waals surface area (Å²) >= 11 is 0. The molecule has 0 bridgehead atoms. The molecular formula is C35H69NO5. The minimum absolute atomic E-state index is 0.0348. The van der Waals surface area contributed by atoms with Gasteiger partial charge in [0.1, 0.15) is 6.10 Å². The van der Waals surface area contributed by atoms with E-state index in [1.165, 1.54) is 77.0 Å². The molecule has 0 heterocycles. The number of carbonyl (C=O) groups excluding carboxylic acids is 2. The molecule has 0 aromatic rings. The first kappa shape index (κ1) is 39.9. The van der Waals surface area contributed by atoms with E-state index >= 15 is 0 Å². The highest BCUT2D eigenvalue weighted by molar-refractivity contribution is 5.69. The van der Waals surface area contributed by atoms with Crippen LogP contribution in [-0.4, -0.2) is 60.9 Å². The molecule has 0 aromatic heterocycles. The summed E-state index contributed by atoms with van der Waals surface area (Å²) in [7, 11) is 0. The van der Waals surface area contributed by atoms with Crippen LogP contribution in [0.15, 0.2) is 0 Å². The lowest BCUT2D eigenvalue weighted by atomic mass is 10.0. The van der Waals surface area contributed by atoms with Crippen LogP contribution in [0.1, 0.15) is 175 Å². The number of aliphatic hydroxyl groups excluding tert-OH is 1.